The standard InChI is InChI=1S/C16H19N3S/c1-11-7-6-9-14(12(11)2)19-16(20)18-13(3)15-8-4-5-10-17-15/h4-10,13H,1-3H3,(H2,18,19,20)/t13-/m1/s1. The molecule has 1 aromatic heterocycles. The summed E-state index contributed by atoms with van der Waals surface area (Å²) in [4.78, 5) is 4.32. The number of aromatic nitrogens is 1. The van der Waals surface area contributed by atoms with Crippen molar-refractivity contribution in [3.05, 3.63) is 59.4 Å². The zero-order chi connectivity index (χ0) is 14.5. The summed E-state index contributed by atoms with van der Waals surface area (Å²) >= 11 is 5.37. The molecule has 0 aliphatic carbocycles. The molecule has 0 amide bonds. The van der Waals surface area contributed by atoms with Crippen LogP contribution in [-0.4, -0.2) is 10.1 Å². The largest absolute Gasteiger partial charge is 0.354 e. The lowest BCUT2D eigenvalue weighted by molar-refractivity contribution is 0.696. The number of nitrogens with zero attached hydrogens (tertiary/aromatic N) is 1. The van der Waals surface area contributed by atoms with E-state index in [4.69, 9.17) is 12.2 Å². The Hall–Kier alpha value is -1.94. The van der Waals surface area contributed by atoms with Crippen LogP contribution in [0.3, 0.4) is 0 Å². The van der Waals surface area contributed by atoms with Gasteiger partial charge in [0, 0.05) is 11.9 Å². The van der Waals surface area contributed by atoms with E-state index in [0.29, 0.717) is 5.11 Å². The summed E-state index contributed by atoms with van der Waals surface area (Å²) in [6, 6.07) is 12.1. The maximum absolute atomic E-state index is 5.37. The first-order chi connectivity index (χ1) is 9.58. The molecule has 2 N–H and O–H groups in total. The van der Waals surface area contributed by atoms with Gasteiger partial charge < -0.3 is 10.6 Å². The van der Waals surface area contributed by atoms with Crippen LogP contribution in [0.2, 0.25) is 0 Å². The Morgan fingerprint density at radius 3 is 2.65 bits per heavy atom. The minimum Gasteiger partial charge on any atom is -0.354 e. The molecule has 0 bridgehead atoms. The summed E-state index contributed by atoms with van der Waals surface area (Å²) in [5.41, 5.74) is 4.46. The number of pyridine rings is 1. The van der Waals surface area contributed by atoms with Crippen molar-refractivity contribution in [2.24, 2.45) is 0 Å². The first-order valence-electron chi connectivity index (χ1n) is 6.62. The molecule has 2 aromatic rings. The summed E-state index contributed by atoms with van der Waals surface area (Å²) in [6.45, 7) is 6.22. The van der Waals surface area contributed by atoms with Crippen molar-refractivity contribution in [1.29, 1.82) is 0 Å². The summed E-state index contributed by atoms with van der Waals surface area (Å²) in [7, 11) is 0. The van der Waals surface area contributed by atoms with Gasteiger partial charge in [0.15, 0.2) is 5.11 Å². The Balaban J connectivity index is 2.01. The summed E-state index contributed by atoms with van der Waals surface area (Å²) < 4.78 is 0. The minimum absolute atomic E-state index is 0.0707. The van der Waals surface area contributed by atoms with Gasteiger partial charge in [0.2, 0.25) is 0 Å². The predicted molar refractivity (Wildman–Crippen MR) is 87.9 cm³/mol. The minimum atomic E-state index is 0.0707. The fourth-order valence-corrected chi connectivity index (χ4v) is 2.23. The third kappa shape index (κ3) is 3.54. The van der Waals surface area contributed by atoms with Gasteiger partial charge in [-0.3, -0.25) is 4.98 Å². The van der Waals surface area contributed by atoms with Crippen molar-refractivity contribution in [2.75, 3.05) is 5.32 Å². The molecule has 0 fully saturated rings. The van der Waals surface area contributed by atoms with Crippen molar-refractivity contribution in [1.82, 2.24) is 10.3 Å². The van der Waals surface area contributed by atoms with Crippen molar-refractivity contribution in [3.63, 3.8) is 0 Å². The zero-order valence-corrected chi connectivity index (χ0v) is 12.8. The molecule has 1 atom stereocenters. The lowest BCUT2D eigenvalue weighted by Gasteiger charge is -2.18. The highest BCUT2D eigenvalue weighted by Crippen LogP contribution is 2.18. The maximum Gasteiger partial charge on any atom is 0.171 e. The van der Waals surface area contributed by atoms with Gasteiger partial charge in [0.1, 0.15) is 0 Å². The van der Waals surface area contributed by atoms with Crippen LogP contribution < -0.4 is 10.6 Å². The quantitative estimate of drug-likeness (QED) is 0.842. The molecule has 1 aromatic carbocycles. The van der Waals surface area contributed by atoms with Crippen LogP contribution in [0.1, 0.15) is 29.8 Å². The second-order valence-corrected chi connectivity index (χ2v) is 5.23. The van der Waals surface area contributed by atoms with Crippen molar-refractivity contribution in [3.8, 4) is 0 Å². The van der Waals surface area contributed by atoms with Crippen LogP contribution >= 0.6 is 12.2 Å². The Kier molecular flexibility index (Phi) is 4.69. The smallest absolute Gasteiger partial charge is 0.171 e. The van der Waals surface area contributed by atoms with Crippen LogP contribution in [-0.2, 0) is 0 Å². The van der Waals surface area contributed by atoms with E-state index in [-0.39, 0.29) is 6.04 Å². The molecule has 0 saturated carbocycles. The molecule has 0 aliphatic heterocycles. The van der Waals surface area contributed by atoms with Gasteiger partial charge in [0.05, 0.1) is 11.7 Å². The van der Waals surface area contributed by atoms with Crippen molar-refractivity contribution in [2.45, 2.75) is 26.8 Å². The van der Waals surface area contributed by atoms with Crippen molar-refractivity contribution >= 4 is 23.0 Å². The summed E-state index contributed by atoms with van der Waals surface area (Å²) in [6.07, 6.45) is 1.79. The number of thiocarbonyl (C=S) groups is 1. The molecule has 0 unspecified atom stereocenters. The van der Waals surface area contributed by atoms with E-state index in [9.17, 15) is 0 Å². The Bertz CT molecular complexity index is 596. The molecule has 1 heterocycles. The Morgan fingerprint density at radius 1 is 1.15 bits per heavy atom. The SMILES string of the molecule is Cc1cccc(NC(=S)N[C@H](C)c2ccccn2)c1C. The van der Waals surface area contributed by atoms with Crippen molar-refractivity contribution < 1.29 is 0 Å². The molecule has 0 aliphatic rings. The van der Waals surface area contributed by atoms with Gasteiger partial charge in [-0.25, -0.2) is 0 Å². The number of aryl methyl sites for hydroxylation is 1. The average Bonchev–Trinajstić information content (AvgIpc) is 2.45. The Morgan fingerprint density at radius 2 is 1.95 bits per heavy atom. The van der Waals surface area contributed by atoms with E-state index in [1.54, 1.807) is 6.20 Å². The van der Waals surface area contributed by atoms with Gasteiger partial charge in [-0.15, -0.1) is 0 Å². The van der Waals surface area contributed by atoms with Crippen LogP contribution in [0.15, 0.2) is 42.6 Å². The first kappa shape index (κ1) is 14.5. The van der Waals surface area contributed by atoms with Crippen LogP contribution in [0.5, 0.6) is 0 Å². The van der Waals surface area contributed by atoms with Crippen LogP contribution in [0, 0.1) is 13.8 Å². The first-order valence-corrected chi connectivity index (χ1v) is 7.03. The fourth-order valence-electron chi connectivity index (χ4n) is 1.95. The molecule has 3 nitrogen and oxygen atoms in total. The van der Waals surface area contributed by atoms with Crippen LogP contribution in [0.25, 0.3) is 0 Å². The summed E-state index contributed by atoms with van der Waals surface area (Å²) in [5, 5.41) is 7.10. The van der Waals surface area contributed by atoms with Gasteiger partial charge in [-0.1, -0.05) is 18.2 Å². The predicted octanol–water partition coefficient (Wildman–Crippen LogP) is 3.75. The van der Waals surface area contributed by atoms with Gasteiger partial charge in [-0.2, -0.15) is 0 Å². The van der Waals surface area contributed by atoms with E-state index < -0.39 is 0 Å². The summed E-state index contributed by atoms with van der Waals surface area (Å²) in [5.74, 6) is 0. The van der Waals surface area contributed by atoms with Gasteiger partial charge >= 0.3 is 0 Å². The number of nitrogens with one attached hydrogen (secondary N) is 2. The zero-order valence-electron chi connectivity index (χ0n) is 12.0. The average molecular weight is 285 g/mol. The number of hydrogen-bond donors (Lipinski definition) is 2. The van der Waals surface area contributed by atoms with E-state index in [2.05, 4.69) is 35.5 Å². The molecule has 0 spiro atoms. The van der Waals surface area contributed by atoms with E-state index in [1.165, 1.54) is 11.1 Å². The molecule has 4 heteroatoms. The highest BCUT2D eigenvalue weighted by Gasteiger charge is 2.08. The molecule has 2 rings (SSSR count). The number of benzene rings is 1. The molecule has 0 radical (unpaired) electrons. The molecule has 104 valence electrons. The monoisotopic (exact) mass is 285 g/mol. The Labute approximate surface area is 125 Å². The van der Waals surface area contributed by atoms with E-state index >= 15 is 0 Å². The molecular formula is C16H19N3S. The second-order valence-electron chi connectivity index (χ2n) is 4.82. The van der Waals surface area contributed by atoms with E-state index in [1.807, 2.05) is 37.3 Å². The highest BCUT2D eigenvalue weighted by atomic mass is 32.1. The second kappa shape index (κ2) is 6.48. The normalized spacial score (nSPS) is 11.8. The topological polar surface area (TPSA) is 37.0 Å². The van der Waals surface area contributed by atoms with Gasteiger partial charge in [0.25, 0.3) is 0 Å². The highest BCUT2D eigenvalue weighted by molar-refractivity contribution is 7.80. The third-order valence-electron chi connectivity index (χ3n) is 3.33. The number of hydrogen-bond acceptors (Lipinski definition) is 2. The molecule has 0 saturated heterocycles. The third-order valence-corrected chi connectivity index (χ3v) is 3.55. The lowest BCUT2D eigenvalue weighted by atomic mass is 10.1. The number of rotatable bonds is 3. The van der Waals surface area contributed by atoms with E-state index in [0.717, 1.165) is 11.4 Å². The number of anilines is 1. The molecular weight excluding hydrogens is 266 g/mol. The van der Waals surface area contributed by atoms with Crippen LogP contribution in [0.4, 0.5) is 5.69 Å². The fraction of sp³-hybridized carbons (Fsp3) is 0.250. The molecule has 20 heavy (non-hydrogen) atoms. The van der Waals surface area contributed by atoms with Gasteiger partial charge in [-0.05, 0) is 62.3 Å². The maximum atomic E-state index is 5.37. The lowest BCUT2D eigenvalue weighted by Crippen LogP contribution is -2.31.